The molecule has 0 radical (unpaired) electrons. The molecule has 2 atom stereocenters. The van der Waals surface area contributed by atoms with Crippen molar-refractivity contribution in [1.82, 2.24) is 9.97 Å². The lowest BCUT2D eigenvalue weighted by molar-refractivity contribution is -0.137. The van der Waals surface area contributed by atoms with Crippen LogP contribution < -0.4 is 10.2 Å². The van der Waals surface area contributed by atoms with Gasteiger partial charge in [0.05, 0.1) is 11.1 Å². The number of nitrogens with one attached hydrogen (secondary N) is 1. The van der Waals surface area contributed by atoms with E-state index in [9.17, 15) is 26.7 Å². The van der Waals surface area contributed by atoms with Gasteiger partial charge < -0.3 is 10.2 Å². The number of halogens is 5. The average molecular weight is 439 g/mol. The second-order valence-corrected chi connectivity index (χ2v) is 7.47. The van der Waals surface area contributed by atoms with E-state index in [-0.39, 0.29) is 30.3 Å². The summed E-state index contributed by atoms with van der Waals surface area (Å²) in [6.07, 6.45) is -2.91. The number of hydrogen-bond acceptors (Lipinski definition) is 5. The zero-order valence-electron chi connectivity index (χ0n) is 16.5. The Morgan fingerprint density at radius 1 is 1.23 bits per heavy atom. The van der Waals surface area contributed by atoms with Crippen molar-refractivity contribution >= 4 is 17.4 Å². The van der Waals surface area contributed by atoms with Crippen LogP contribution in [-0.2, 0) is 6.18 Å². The molecular weight excluding hydrogens is 421 g/mol. The van der Waals surface area contributed by atoms with Gasteiger partial charge >= 0.3 is 6.18 Å². The molecule has 0 spiro atoms. The predicted molar refractivity (Wildman–Crippen MR) is 102 cm³/mol. The summed E-state index contributed by atoms with van der Waals surface area (Å²) < 4.78 is 68.1. The molecule has 1 N–H and O–H groups in total. The van der Waals surface area contributed by atoms with Gasteiger partial charge in [0, 0.05) is 43.0 Å². The molecule has 3 rings (SSSR count). The number of hydrogen-bond donors (Lipinski definition) is 1. The Morgan fingerprint density at radius 2 is 1.87 bits per heavy atom. The minimum atomic E-state index is -4.75. The van der Waals surface area contributed by atoms with Crippen LogP contribution >= 0.6 is 0 Å². The number of piperidine rings is 1. The third kappa shape index (κ3) is 4.57. The number of nitriles is 1. The highest BCUT2D eigenvalue weighted by Gasteiger charge is 2.48. The van der Waals surface area contributed by atoms with Crippen molar-refractivity contribution in [2.75, 3.05) is 23.3 Å². The molecule has 2 aromatic heterocycles. The molecule has 2 aromatic rings. The summed E-state index contributed by atoms with van der Waals surface area (Å²) in [4.78, 5) is 21.8. The third-order valence-corrected chi connectivity index (χ3v) is 5.17. The van der Waals surface area contributed by atoms with E-state index in [0.717, 1.165) is 0 Å². The first-order valence-corrected chi connectivity index (χ1v) is 9.31. The van der Waals surface area contributed by atoms with E-state index in [1.165, 1.54) is 37.1 Å². The molecule has 1 amide bonds. The Bertz CT molecular complexity index is 1020. The number of amides is 1. The highest BCUT2D eigenvalue weighted by atomic mass is 19.4. The van der Waals surface area contributed by atoms with Crippen LogP contribution in [0.4, 0.5) is 33.5 Å². The van der Waals surface area contributed by atoms with Crippen LogP contribution in [0.1, 0.15) is 35.5 Å². The molecule has 1 fully saturated rings. The summed E-state index contributed by atoms with van der Waals surface area (Å²) >= 11 is 0. The first kappa shape index (κ1) is 22.4. The van der Waals surface area contributed by atoms with E-state index in [1.807, 2.05) is 0 Å². The smallest absolute Gasteiger partial charge is 0.355 e. The van der Waals surface area contributed by atoms with Crippen molar-refractivity contribution in [2.45, 2.75) is 25.9 Å². The van der Waals surface area contributed by atoms with Gasteiger partial charge in [-0.05, 0) is 18.2 Å². The molecule has 0 aliphatic carbocycles. The quantitative estimate of drug-likeness (QED) is 0.720. The van der Waals surface area contributed by atoms with Gasteiger partial charge in [-0.2, -0.15) is 18.4 Å². The summed E-state index contributed by atoms with van der Waals surface area (Å²) in [6, 6.07) is 5.05. The van der Waals surface area contributed by atoms with Crippen LogP contribution in [0.25, 0.3) is 0 Å². The van der Waals surface area contributed by atoms with Gasteiger partial charge in [-0.15, -0.1) is 0 Å². The molecule has 2 unspecified atom stereocenters. The number of nitrogens with zero attached hydrogens (tertiary/aromatic N) is 4. The normalized spacial score (nSPS) is 20.8. The van der Waals surface area contributed by atoms with Gasteiger partial charge in [-0.3, -0.25) is 4.79 Å². The third-order valence-electron chi connectivity index (χ3n) is 5.17. The Balaban J connectivity index is 2.00. The number of carbonyl (C=O) groups is 1. The first-order chi connectivity index (χ1) is 14.4. The predicted octanol–water partition coefficient (Wildman–Crippen LogP) is 4.35. The second kappa shape index (κ2) is 8.09. The molecule has 1 saturated heterocycles. The monoisotopic (exact) mass is 439 g/mol. The fourth-order valence-corrected chi connectivity index (χ4v) is 3.44. The van der Waals surface area contributed by atoms with Gasteiger partial charge in [0.25, 0.3) is 11.8 Å². The topological polar surface area (TPSA) is 81.9 Å². The highest BCUT2D eigenvalue weighted by molar-refractivity contribution is 6.07. The van der Waals surface area contributed by atoms with Crippen LogP contribution in [0.3, 0.4) is 0 Å². The van der Waals surface area contributed by atoms with Gasteiger partial charge in [-0.25, -0.2) is 18.7 Å². The van der Waals surface area contributed by atoms with Crippen LogP contribution in [0.2, 0.25) is 0 Å². The maximum absolute atomic E-state index is 14.2. The second-order valence-electron chi connectivity index (χ2n) is 7.47. The minimum absolute atomic E-state index is 0.00102. The van der Waals surface area contributed by atoms with Crippen molar-refractivity contribution < 1.29 is 26.7 Å². The molecule has 6 nitrogen and oxygen atoms in total. The Kier molecular flexibility index (Phi) is 5.85. The summed E-state index contributed by atoms with van der Waals surface area (Å²) in [7, 11) is 0. The lowest BCUT2D eigenvalue weighted by atomic mass is 9.87. The number of carbonyl (C=O) groups excluding carboxylic acids is 1. The molecule has 0 bridgehead atoms. The van der Waals surface area contributed by atoms with Crippen LogP contribution in [0, 0.1) is 23.2 Å². The first-order valence-electron chi connectivity index (χ1n) is 9.31. The van der Waals surface area contributed by atoms with Crippen molar-refractivity contribution in [3.05, 3.63) is 47.4 Å². The molecule has 3 heterocycles. The molecule has 11 heteroatoms. The van der Waals surface area contributed by atoms with E-state index in [2.05, 4.69) is 15.3 Å². The largest absolute Gasteiger partial charge is 0.417 e. The summed E-state index contributed by atoms with van der Waals surface area (Å²) in [5, 5.41) is 11.3. The zero-order chi connectivity index (χ0) is 23.0. The molecule has 1 aliphatic heterocycles. The molecular formula is C20H18F5N5O. The highest BCUT2D eigenvalue weighted by Crippen LogP contribution is 2.40. The maximum Gasteiger partial charge on any atom is 0.417 e. The van der Waals surface area contributed by atoms with Crippen molar-refractivity contribution in [2.24, 2.45) is 11.8 Å². The summed E-state index contributed by atoms with van der Waals surface area (Å²) in [6.45, 7) is 2.33. The van der Waals surface area contributed by atoms with Crippen molar-refractivity contribution in [1.29, 1.82) is 5.26 Å². The van der Waals surface area contributed by atoms with Crippen molar-refractivity contribution in [3.63, 3.8) is 0 Å². The van der Waals surface area contributed by atoms with Gasteiger partial charge in [-0.1, -0.05) is 13.8 Å². The number of rotatable bonds is 3. The van der Waals surface area contributed by atoms with Gasteiger partial charge in [0.2, 0.25) is 0 Å². The van der Waals surface area contributed by atoms with E-state index in [4.69, 9.17) is 5.26 Å². The van der Waals surface area contributed by atoms with E-state index in [0.29, 0.717) is 12.3 Å². The minimum Gasteiger partial charge on any atom is -0.355 e. The van der Waals surface area contributed by atoms with Crippen LogP contribution in [0.15, 0.2) is 30.6 Å². The fourth-order valence-electron chi connectivity index (χ4n) is 3.44. The lowest BCUT2D eigenvalue weighted by Gasteiger charge is -2.42. The number of anilines is 2. The summed E-state index contributed by atoms with van der Waals surface area (Å²) in [5.74, 6) is -6.16. The molecule has 31 heavy (non-hydrogen) atoms. The lowest BCUT2D eigenvalue weighted by Crippen LogP contribution is -2.52. The zero-order valence-corrected chi connectivity index (χ0v) is 16.5. The van der Waals surface area contributed by atoms with Gasteiger partial charge in [0.1, 0.15) is 17.6 Å². The maximum atomic E-state index is 14.2. The molecule has 0 saturated carbocycles. The van der Waals surface area contributed by atoms with E-state index < -0.39 is 41.0 Å². The van der Waals surface area contributed by atoms with Gasteiger partial charge in [0.15, 0.2) is 0 Å². The molecule has 164 valence electrons. The average Bonchev–Trinajstić information content (AvgIpc) is 2.71. The fraction of sp³-hybridized carbons (Fsp3) is 0.400. The summed E-state index contributed by atoms with van der Waals surface area (Å²) in [5.41, 5.74) is -1.40. The van der Waals surface area contributed by atoms with E-state index in [1.54, 1.807) is 6.07 Å². The van der Waals surface area contributed by atoms with E-state index >= 15 is 0 Å². The Hall–Kier alpha value is -3.29. The SMILES string of the molecule is CC1CN(c2ncc(C(F)(F)F)cc2C(=O)Nc2ccnc(C#N)c2)CC(C)C1(F)F. The number of aromatic nitrogens is 2. The van der Waals surface area contributed by atoms with Crippen molar-refractivity contribution in [3.8, 4) is 6.07 Å². The Labute approximate surface area is 174 Å². The molecule has 0 aromatic carbocycles. The Morgan fingerprint density at radius 3 is 2.45 bits per heavy atom. The number of pyridine rings is 2. The number of alkyl halides is 5. The van der Waals surface area contributed by atoms with Crippen LogP contribution in [0.5, 0.6) is 0 Å². The van der Waals surface area contributed by atoms with Crippen LogP contribution in [-0.4, -0.2) is 34.9 Å². The standard InChI is InChI=1S/C20H18F5N5O/c1-11-9-30(10-12(2)19(11,21)22)17-16(5-13(8-28-17)20(23,24)25)18(31)29-14-3-4-27-15(6-14)7-26/h3-6,8,11-12H,9-10H2,1-2H3,(H,27,29,31). The molecule has 1 aliphatic rings.